The average Bonchev–Trinajstić information content (AvgIpc) is 3.54. The fourth-order valence-electron chi connectivity index (χ4n) is 8.05. The molecule has 3 aliphatic rings. The zero-order chi connectivity index (χ0) is 32.3. The second kappa shape index (κ2) is 11.9. The molecular weight excluding hydrogens is 608 g/mol. The molecular formula is C40H41ClN2O4. The summed E-state index contributed by atoms with van der Waals surface area (Å²) in [5.41, 5.74) is 11.8. The minimum absolute atomic E-state index is 0.166. The van der Waals surface area contributed by atoms with Gasteiger partial charge in [-0.15, -0.1) is 0 Å². The molecule has 1 fully saturated rings. The Kier molecular flexibility index (Phi) is 7.69. The van der Waals surface area contributed by atoms with Gasteiger partial charge < -0.3 is 19.6 Å². The zero-order valence-corrected chi connectivity index (χ0v) is 27.9. The maximum absolute atomic E-state index is 13.4. The number of rotatable bonds is 5. The standard InChI is InChI=1S/C40H41ClN2O4/c1-40(2)17-13-33-37(42)35(41)22-34(38(33)47-40)39(44)46-27-14-18-43(19-15-27)23-36-30(16-20-45-36)26-8-10-29-25(21-26)9-12-31-28-6-4-3-5-24(28)7-11-32(29)31/h3-7,9,11-12,16,20,22,26-27H,8,10,13-15,17-19,21,23,42H2,1-2H3. The fraction of sp³-hybridized carbons (Fsp3) is 0.375. The number of fused-ring (bicyclic) bond motifs is 6. The number of esters is 1. The van der Waals surface area contributed by atoms with Crippen LogP contribution < -0.4 is 10.5 Å². The number of ether oxygens (including phenoxy) is 2. The third-order valence-electron chi connectivity index (χ3n) is 10.7. The van der Waals surface area contributed by atoms with Gasteiger partial charge in [0.1, 0.15) is 28.8 Å². The van der Waals surface area contributed by atoms with Crippen molar-refractivity contribution in [3.05, 3.63) is 106 Å². The maximum atomic E-state index is 13.4. The Hall–Kier alpha value is -4.00. The van der Waals surface area contributed by atoms with Crippen LogP contribution in [0.15, 0.2) is 71.3 Å². The summed E-state index contributed by atoms with van der Waals surface area (Å²) < 4.78 is 18.4. The molecule has 1 aromatic heterocycles. The molecule has 5 aromatic rings. The third kappa shape index (κ3) is 5.66. The summed E-state index contributed by atoms with van der Waals surface area (Å²) in [5.74, 6) is 1.62. The number of likely N-dealkylation sites (tertiary alicyclic amines) is 1. The van der Waals surface area contributed by atoms with Crippen LogP contribution >= 0.6 is 11.6 Å². The van der Waals surface area contributed by atoms with Crippen molar-refractivity contribution in [1.82, 2.24) is 4.90 Å². The summed E-state index contributed by atoms with van der Waals surface area (Å²) in [6.07, 6.45) is 7.94. The van der Waals surface area contributed by atoms with Crippen molar-refractivity contribution in [3.8, 4) is 5.75 Å². The minimum Gasteiger partial charge on any atom is -0.487 e. The second-order valence-corrected chi connectivity index (χ2v) is 14.6. The van der Waals surface area contributed by atoms with Crippen LogP contribution in [0.5, 0.6) is 5.75 Å². The van der Waals surface area contributed by atoms with E-state index >= 15 is 0 Å². The van der Waals surface area contributed by atoms with Crippen molar-refractivity contribution >= 4 is 44.8 Å². The number of piperidine rings is 1. The highest BCUT2D eigenvalue weighted by Gasteiger charge is 2.34. The summed E-state index contributed by atoms with van der Waals surface area (Å²) in [6.45, 7) is 6.46. The lowest BCUT2D eigenvalue weighted by atomic mass is 9.78. The number of nitrogens with zero attached hydrogens (tertiary/aromatic N) is 1. The lowest BCUT2D eigenvalue weighted by molar-refractivity contribution is 0.00840. The minimum atomic E-state index is -0.397. The molecule has 1 unspecified atom stereocenters. The fourth-order valence-corrected chi connectivity index (χ4v) is 8.27. The first-order valence-corrected chi connectivity index (χ1v) is 17.3. The third-order valence-corrected chi connectivity index (χ3v) is 11.0. The topological polar surface area (TPSA) is 77.9 Å². The Morgan fingerprint density at radius 2 is 1.79 bits per heavy atom. The highest BCUT2D eigenvalue weighted by molar-refractivity contribution is 6.33. The van der Waals surface area contributed by atoms with Gasteiger partial charge in [0.15, 0.2) is 0 Å². The van der Waals surface area contributed by atoms with E-state index < -0.39 is 5.97 Å². The predicted molar refractivity (Wildman–Crippen MR) is 188 cm³/mol. The Morgan fingerprint density at radius 3 is 2.64 bits per heavy atom. The molecule has 8 rings (SSSR count). The van der Waals surface area contributed by atoms with Gasteiger partial charge >= 0.3 is 5.97 Å². The van der Waals surface area contributed by atoms with E-state index in [0.29, 0.717) is 34.4 Å². The lowest BCUT2D eigenvalue weighted by Gasteiger charge is -2.35. The van der Waals surface area contributed by atoms with Crippen LogP contribution in [0.2, 0.25) is 5.02 Å². The molecule has 0 radical (unpaired) electrons. The maximum Gasteiger partial charge on any atom is 0.342 e. The van der Waals surface area contributed by atoms with Crippen LogP contribution in [0, 0.1) is 0 Å². The van der Waals surface area contributed by atoms with Gasteiger partial charge in [0, 0.05) is 18.7 Å². The second-order valence-electron chi connectivity index (χ2n) is 14.2. The van der Waals surface area contributed by atoms with Gasteiger partial charge in [-0.25, -0.2) is 4.79 Å². The Bertz CT molecular complexity index is 2010. The molecule has 3 heterocycles. The van der Waals surface area contributed by atoms with Crippen LogP contribution in [0.4, 0.5) is 5.69 Å². The SMILES string of the molecule is CC1(C)CCc2c(N)c(Cl)cc(C(=O)OC3CCN(Cc4occc4C4CCc5c(ccc6c5ccc5ccccc56)C4)CC3)c2O1. The molecule has 1 saturated heterocycles. The molecule has 4 aromatic carbocycles. The number of furan rings is 1. The van der Waals surface area contributed by atoms with Crippen LogP contribution in [-0.2, 0) is 30.5 Å². The first-order chi connectivity index (χ1) is 22.7. The van der Waals surface area contributed by atoms with E-state index in [9.17, 15) is 4.79 Å². The molecule has 6 nitrogen and oxygen atoms in total. The van der Waals surface area contributed by atoms with E-state index in [-0.39, 0.29) is 11.7 Å². The summed E-state index contributed by atoms with van der Waals surface area (Å²) in [4.78, 5) is 15.8. The Labute approximate surface area is 280 Å². The van der Waals surface area contributed by atoms with Gasteiger partial charge in [0.05, 0.1) is 23.5 Å². The van der Waals surface area contributed by atoms with E-state index in [0.717, 1.165) is 69.5 Å². The van der Waals surface area contributed by atoms with Crippen molar-refractivity contribution in [1.29, 1.82) is 0 Å². The van der Waals surface area contributed by atoms with Gasteiger partial charge in [-0.2, -0.15) is 0 Å². The number of benzene rings is 4. The van der Waals surface area contributed by atoms with E-state index in [1.54, 1.807) is 6.07 Å². The molecule has 0 spiro atoms. The summed E-state index contributed by atoms with van der Waals surface area (Å²) in [5, 5.41) is 5.74. The van der Waals surface area contributed by atoms with E-state index in [4.69, 9.17) is 31.2 Å². The van der Waals surface area contributed by atoms with Gasteiger partial charge in [-0.05, 0) is 115 Å². The number of aryl methyl sites for hydroxylation is 1. The molecule has 7 heteroatoms. The summed E-state index contributed by atoms with van der Waals surface area (Å²) in [6, 6.07) is 21.7. The molecule has 47 heavy (non-hydrogen) atoms. The Balaban J connectivity index is 0.916. The first-order valence-electron chi connectivity index (χ1n) is 17.0. The van der Waals surface area contributed by atoms with Crippen molar-refractivity contribution in [2.45, 2.75) is 83.0 Å². The Morgan fingerprint density at radius 1 is 0.979 bits per heavy atom. The number of nitrogens with two attached hydrogens (primary N) is 1. The molecule has 0 bridgehead atoms. The van der Waals surface area contributed by atoms with Crippen molar-refractivity contribution in [2.75, 3.05) is 18.8 Å². The lowest BCUT2D eigenvalue weighted by Crippen LogP contribution is -2.38. The molecule has 0 saturated carbocycles. The van der Waals surface area contributed by atoms with Crippen LogP contribution in [0.25, 0.3) is 21.5 Å². The van der Waals surface area contributed by atoms with Crippen LogP contribution in [0.3, 0.4) is 0 Å². The number of carbonyl (C=O) groups excluding carboxylic acids is 1. The number of hydrogen-bond acceptors (Lipinski definition) is 6. The monoisotopic (exact) mass is 648 g/mol. The molecule has 2 N–H and O–H groups in total. The van der Waals surface area contributed by atoms with Gasteiger partial charge in [-0.3, -0.25) is 4.90 Å². The molecule has 0 amide bonds. The summed E-state index contributed by atoms with van der Waals surface area (Å²) in [7, 11) is 0. The van der Waals surface area contributed by atoms with Crippen molar-refractivity contribution in [2.24, 2.45) is 0 Å². The van der Waals surface area contributed by atoms with Gasteiger partial charge in [0.2, 0.25) is 0 Å². The molecule has 1 aliphatic carbocycles. The average molecular weight is 649 g/mol. The smallest absolute Gasteiger partial charge is 0.342 e. The number of anilines is 1. The van der Waals surface area contributed by atoms with Crippen molar-refractivity contribution in [3.63, 3.8) is 0 Å². The molecule has 1 atom stereocenters. The first kappa shape index (κ1) is 30.3. The van der Waals surface area contributed by atoms with Crippen LogP contribution in [0.1, 0.15) is 83.8 Å². The zero-order valence-electron chi connectivity index (χ0n) is 27.1. The van der Waals surface area contributed by atoms with E-state index in [1.807, 2.05) is 20.1 Å². The highest BCUT2D eigenvalue weighted by atomic mass is 35.5. The highest BCUT2D eigenvalue weighted by Crippen LogP contribution is 2.43. The van der Waals surface area contributed by atoms with Gasteiger partial charge in [-0.1, -0.05) is 60.1 Å². The predicted octanol–water partition coefficient (Wildman–Crippen LogP) is 9.02. The quantitative estimate of drug-likeness (QED) is 0.116. The number of halogens is 1. The van der Waals surface area contributed by atoms with Gasteiger partial charge in [0.25, 0.3) is 0 Å². The molecule has 242 valence electrons. The largest absolute Gasteiger partial charge is 0.487 e. The number of carbonyl (C=O) groups is 1. The van der Waals surface area contributed by atoms with Crippen molar-refractivity contribution < 1.29 is 18.7 Å². The summed E-state index contributed by atoms with van der Waals surface area (Å²) >= 11 is 6.43. The number of hydrogen-bond donors (Lipinski definition) is 1. The van der Waals surface area contributed by atoms with E-state index in [2.05, 4.69) is 59.5 Å². The normalized spacial score (nSPS) is 19.7. The van der Waals surface area contributed by atoms with E-state index in [1.165, 1.54) is 38.2 Å². The molecule has 2 aliphatic heterocycles. The number of nitrogen functional groups attached to an aromatic ring is 1. The van der Waals surface area contributed by atoms with Crippen LogP contribution in [-0.4, -0.2) is 35.7 Å².